The maximum Gasteiger partial charge on any atom is 0.336 e. The molecule has 0 aliphatic carbocycles. The van der Waals surface area contributed by atoms with Crippen LogP contribution in [0.5, 0.6) is 0 Å². The summed E-state index contributed by atoms with van der Waals surface area (Å²) in [4.78, 5) is 18.6. The fourth-order valence-electron chi connectivity index (χ4n) is 3.11. The number of benzene rings is 2. The van der Waals surface area contributed by atoms with Crippen molar-refractivity contribution >= 4 is 38.2 Å². The van der Waals surface area contributed by atoms with Crippen molar-refractivity contribution in [1.29, 1.82) is 0 Å². The van der Waals surface area contributed by atoms with Gasteiger partial charge in [-0.25, -0.2) is 9.78 Å². The van der Waals surface area contributed by atoms with Gasteiger partial charge in [-0.3, -0.25) is 0 Å². The number of aromatic nitrogens is 1. The Labute approximate surface area is 149 Å². The van der Waals surface area contributed by atoms with Gasteiger partial charge in [-0.2, -0.15) is 0 Å². The quantitative estimate of drug-likeness (QED) is 0.486. The molecule has 0 N–H and O–H groups in total. The first-order chi connectivity index (χ1) is 12.2. The third-order valence-electron chi connectivity index (χ3n) is 4.41. The van der Waals surface area contributed by atoms with Crippen molar-refractivity contribution in [3.05, 3.63) is 70.0 Å². The summed E-state index contributed by atoms with van der Waals surface area (Å²) < 4.78 is 6.53. The van der Waals surface area contributed by atoms with Gasteiger partial charge in [-0.05, 0) is 44.2 Å². The van der Waals surface area contributed by atoms with E-state index < -0.39 is 0 Å². The lowest BCUT2D eigenvalue weighted by Crippen LogP contribution is -2.26. The first-order valence-electron chi connectivity index (χ1n) is 8.32. The zero-order chi connectivity index (χ0) is 17.4. The minimum absolute atomic E-state index is 0.135. The van der Waals surface area contributed by atoms with Crippen molar-refractivity contribution in [3.8, 4) is 0 Å². The molecule has 2 aromatic heterocycles. The highest BCUT2D eigenvalue weighted by Gasteiger charge is 2.19. The second kappa shape index (κ2) is 6.33. The summed E-state index contributed by atoms with van der Waals surface area (Å²) in [6.07, 6.45) is 0. The second-order valence-electron chi connectivity index (χ2n) is 5.96. The maximum atomic E-state index is 11.5. The van der Waals surface area contributed by atoms with Gasteiger partial charge >= 0.3 is 5.63 Å². The molecule has 0 spiro atoms. The molecule has 0 amide bonds. The average Bonchev–Trinajstić information content (AvgIpc) is 3.06. The summed E-state index contributed by atoms with van der Waals surface area (Å²) in [5.41, 5.74) is 2.35. The lowest BCUT2D eigenvalue weighted by molar-refractivity contribution is 0.560. The molecule has 4 rings (SSSR count). The first-order valence-corrected chi connectivity index (χ1v) is 9.13. The number of thiazole rings is 1. The van der Waals surface area contributed by atoms with Gasteiger partial charge in [0.25, 0.3) is 0 Å². The highest BCUT2D eigenvalue weighted by molar-refractivity contribution is 7.18. The van der Waals surface area contributed by atoms with Gasteiger partial charge in [0.1, 0.15) is 10.6 Å². The van der Waals surface area contributed by atoms with Gasteiger partial charge < -0.3 is 9.32 Å². The molecule has 0 bridgehead atoms. The summed E-state index contributed by atoms with van der Waals surface area (Å²) in [6.45, 7) is 5.11. The summed E-state index contributed by atoms with van der Waals surface area (Å²) in [6, 6.07) is 17.6. The zero-order valence-corrected chi connectivity index (χ0v) is 14.9. The first kappa shape index (κ1) is 15.8. The van der Waals surface area contributed by atoms with Crippen molar-refractivity contribution < 1.29 is 4.42 Å². The van der Waals surface area contributed by atoms with E-state index in [9.17, 15) is 4.79 Å². The summed E-state index contributed by atoms with van der Waals surface area (Å²) >= 11 is 1.72. The van der Waals surface area contributed by atoms with Gasteiger partial charge in [0.2, 0.25) is 0 Å². The van der Waals surface area contributed by atoms with E-state index in [2.05, 4.69) is 30.9 Å². The Kier molecular flexibility index (Phi) is 4.01. The summed E-state index contributed by atoms with van der Waals surface area (Å²) in [7, 11) is 0. The molecule has 4 aromatic rings. The highest BCUT2D eigenvalue weighted by Crippen LogP contribution is 2.33. The topological polar surface area (TPSA) is 46.3 Å². The lowest BCUT2D eigenvalue weighted by atomic mass is 10.1. The Morgan fingerprint density at radius 1 is 1.16 bits per heavy atom. The van der Waals surface area contributed by atoms with Crippen LogP contribution in [0.3, 0.4) is 0 Å². The Morgan fingerprint density at radius 3 is 2.76 bits per heavy atom. The van der Waals surface area contributed by atoms with Gasteiger partial charge in [-0.15, -0.1) is 11.3 Å². The fraction of sp³-hybridized carbons (Fsp3) is 0.200. The van der Waals surface area contributed by atoms with Crippen molar-refractivity contribution in [3.63, 3.8) is 0 Å². The molecule has 4 nitrogen and oxygen atoms in total. The van der Waals surface area contributed by atoms with E-state index in [1.807, 2.05) is 30.3 Å². The highest BCUT2D eigenvalue weighted by atomic mass is 32.1. The van der Waals surface area contributed by atoms with Crippen LogP contribution in [0, 0.1) is 0 Å². The Hall–Kier alpha value is -2.66. The van der Waals surface area contributed by atoms with Gasteiger partial charge in [-0.1, -0.05) is 12.1 Å². The van der Waals surface area contributed by atoms with Crippen LogP contribution in [-0.4, -0.2) is 11.5 Å². The van der Waals surface area contributed by atoms with Crippen LogP contribution in [0.1, 0.15) is 24.9 Å². The van der Waals surface area contributed by atoms with Gasteiger partial charge in [0.05, 0.1) is 16.3 Å². The average molecular weight is 350 g/mol. The number of fused-ring (bicyclic) bond motifs is 2. The van der Waals surface area contributed by atoms with E-state index in [0.717, 1.165) is 28.1 Å². The molecule has 25 heavy (non-hydrogen) atoms. The maximum absolute atomic E-state index is 11.5. The smallest absolute Gasteiger partial charge is 0.336 e. The molecule has 0 aliphatic rings. The fourth-order valence-corrected chi connectivity index (χ4v) is 4.14. The van der Waals surface area contributed by atoms with Crippen LogP contribution in [-0.2, 0) is 0 Å². The van der Waals surface area contributed by atoms with Crippen LogP contribution in [0.15, 0.2) is 63.8 Å². The molecule has 0 aliphatic heterocycles. The number of para-hydroxylation sites is 1. The van der Waals surface area contributed by atoms with E-state index in [1.165, 1.54) is 10.8 Å². The molecule has 5 heteroatoms. The molecule has 0 radical (unpaired) electrons. The van der Waals surface area contributed by atoms with E-state index in [-0.39, 0.29) is 11.7 Å². The standard InChI is InChI=1S/C20H18N2O2S/c1-3-22(13(2)20-21-16-6-4-5-7-18(16)25-20)15-10-8-14-9-11-19(23)24-17(14)12-15/h4-13H,3H2,1-2H3. The van der Waals surface area contributed by atoms with E-state index in [1.54, 1.807) is 17.4 Å². The molecular formula is C20H18N2O2S. The minimum atomic E-state index is -0.327. The van der Waals surface area contributed by atoms with Crippen LogP contribution >= 0.6 is 11.3 Å². The van der Waals surface area contributed by atoms with Crippen LogP contribution in [0.2, 0.25) is 0 Å². The molecule has 2 heterocycles. The summed E-state index contributed by atoms with van der Waals surface area (Å²) in [5.74, 6) is 0. The van der Waals surface area contributed by atoms with Crippen molar-refractivity contribution in [1.82, 2.24) is 4.98 Å². The van der Waals surface area contributed by atoms with Crippen molar-refractivity contribution in [2.24, 2.45) is 0 Å². The molecular weight excluding hydrogens is 332 g/mol. The lowest BCUT2D eigenvalue weighted by Gasteiger charge is -2.28. The molecule has 0 saturated heterocycles. The van der Waals surface area contributed by atoms with Crippen molar-refractivity contribution in [2.75, 3.05) is 11.4 Å². The second-order valence-corrected chi connectivity index (χ2v) is 7.02. The van der Waals surface area contributed by atoms with Gasteiger partial charge in [0, 0.05) is 29.8 Å². The third kappa shape index (κ3) is 2.91. The van der Waals surface area contributed by atoms with Crippen LogP contribution < -0.4 is 10.5 Å². The number of anilines is 1. The minimum Gasteiger partial charge on any atom is -0.423 e. The Bertz CT molecular complexity index is 1070. The monoisotopic (exact) mass is 350 g/mol. The van der Waals surface area contributed by atoms with Crippen molar-refractivity contribution in [2.45, 2.75) is 19.9 Å². The largest absolute Gasteiger partial charge is 0.423 e. The molecule has 126 valence electrons. The molecule has 1 atom stereocenters. The number of hydrogen-bond donors (Lipinski definition) is 0. The predicted octanol–water partition coefficient (Wildman–Crippen LogP) is 4.99. The third-order valence-corrected chi connectivity index (χ3v) is 5.62. The van der Waals surface area contributed by atoms with Crippen LogP contribution in [0.25, 0.3) is 21.2 Å². The predicted molar refractivity (Wildman–Crippen MR) is 104 cm³/mol. The van der Waals surface area contributed by atoms with Gasteiger partial charge in [0.15, 0.2) is 0 Å². The van der Waals surface area contributed by atoms with Crippen LogP contribution in [0.4, 0.5) is 5.69 Å². The number of nitrogens with zero attached hydrogens (tertiary/aromatic N) is 2. The molecule has 1 unspecified atom stereocenters. The molecule has 0 saturated carbocycles. The normalized spacial score (nSPS) is 12.6. The molecule has 2 aromatic carbocycles. The van der Waals surface area contributed by atoms with E-state index in [0.29, 0.717) is 5.58 Å². The number of rotatable bonds is 4. The zero-order valence-electron chi connectivity index (χ0n) is 14.1. The Morgan fingerprint density at radius 2 is 1.96 bits per heavy atom. The SMILES string of the molecule is CCN(c1ccc2ccc(=O)oc2c1)C(C)c1nc2ccccc2s1. The Balaban J connectivity index is 1.74. The number of hydrogen-bond acceptors (Lipinski definition) is 5. The van der Waals surface area contributed by atoms with E-state index in [4.69, 9.17) is 9.40 Å². The van der Waals surface area contributed by atoms with E-state index >= 15 is 0 Å². The summed E-state index contributed by atoms with van der Waals surface area (Å²) in [5, 5.41) is 2.00. The molecule has 0 fully saturated rings.